The van der Waals surface area contributed by atoms with E-state index >= 15 is 0 Å². The molecule has 2 aromatic rings. The lowest BCUT2D eigenvalue weighted by molar-refractivity contribution is 0.171. The molecule has 6 nitrogen and oxygen atoms in total. The molecular weight excluding hydrogens is 268 g/mol. The van der Waals surface area contributed by atoms with Crippen LogP contribution in [0, 0.1) is 5.92 Å². The minimum Gasteiger partial charge on any atom is -0.486 e. The maximum Gasteiger partial charge on any atom is 0.164 e. The molecule has 1 aromatic carbocycles. The molecule has 0 amide bonds. The van der Waals surface area contributed by atoms with Gasteiger partial charge in [-0.1, -0.05) is 0 Å². The molecule has 2 aliphatic rings. The fraction of sp³-hybridized carbons (Fsp3) is 0.467. The van der Waals surface area contributed by atoms with E-state index in [0.717, 1.165) is 48.1 Å². The monoisotopic (exact) mass is 286 g/mol. The molecule has 0 spiro atoms. The summed E-state index contributed by atoms with van der Waals surface area (Å²) < 4.78 is 13.4. The SMILES string of the molecule is NCC1CCn2c(nnc2-c2ccc3c(c2)OCCO3)C1. The van der Waals surface area contributed by atoms with Gasteiger partial charge >= 0.3 is 0 Å². The van der Waals surface area contributed by atoms with Gasteiger partial charge in [0.2, 0.25) is 0 Å². The van der Waals surface area contributed by atoms with E-state index < -0.39 is 0 Å². The predicted molar refractivity (Wildman–Crippen MR) is 77.3 cm³/mol. The van der Waals surface area contributed by atoms with Crippen LogP contribution in [0.5, 0.6) is 11.5 Å². The second-order valence-electron chi connectivity index (χ2n) is 5.54. The Morgan fingerprint density at radius 2 is 2.05 bits per heavy atom. The van der Waals surface area contributed by atoms with Gasteiger partial charge in [-0.15, -0.1) is 10.2 Å². The van der Waals surface area contributed by atoms with Crippen molar-refractivity contribution in [1.29, 1.82) is 0 Å². The molecule has 4 rings (SSSR count). The molecule has 1 aromatic heterocycles. The Hall–Kier alpha value is -2.08. The first kappa shape index (κ1) is 12.6. The Morgan fingerprint density at radius 1 is 1.19 bits per heavy atom. The van der Waals surface area contributed by atoms with Gasteiger partial charge in [0.1, 0.15) is 19.0 Å². The van der Waals surface area contributed by atoms with Gasteiger partial charge in [-0.3, -0.25) is 0 Å². The summed E-state index contributed by atoms with van der Waals surface area (Å²) >= 11 is 0. The number of nitrogens with zero attached hydrogens (tertiary/aromatic N) is 3. The van der Waals surface area contributed by atoms with E-state index in [4.69, 9.17) is 15.2 Å². The van der Waals surface area contributed by atoms with Gasteiger partial charge in [0, 0.05) is 18.5 Å². The van der Waals surface area contributed by atoms with Gasteiger partial charge in [0.15, 0.2) is 17.3 Å². The van der Waals surface area contributed by atoms with Crippen molar-refractivity contribution in [2.24, 2.45) is 11.7 Å². The van der Waals surface area contributed by atoms with Crippen molar-refractivity contribution in [3.05, 3.63) is 24.0 Å². The number of hydrogen-bond donors (Lipinski definition) is 1. The van der Waals surface area contributed by atoms with Crippen LogP contribution < -0.4 is 15.2 Å². The molecule has 110 valence electrons. The maximum atomic E-state index is 5.77. The molecule has 0 aliphatic carbocycles. The van der Waals surface area contributed by atoms with E-state index in [1.54, 1.807) is 0 Å². The standard InChI is InChI=1S/C15H18N4O2/c16-9-10-3-4-19-14(7-10)17-18-15(19)11-1-2-12-13(8-11)21-6-5-20-12/h1-2,8,10H,3-7,9,16H2. The summed E-state index contributed by atoms with van der Waals surface area (Å²) in [6.45, 7) is 2.83. The first-order valence-electron chi connectivity index (χ1n) is 7.37. The van der Waals surface area contributed by atoms with Crippen LogP contribution in [0.2, 0.25) is 0 Å². The molecule has 0 radical (unpaired) electrons. The summed E-state index contributed by atoms with van der Waals surface area (Å²) in [4.78, 5) is 0. The van der Waals surface area contributed by atoms with Gasteiger partial charge in [0.05, 0.1) is 0 Å². The van der Waals surface area contributed by atoms with Gasteiger partial charge < -0.3 is 19.8 Å². The van der Waals surface area contributed by atoms with Crippen molar-refractivity contribution in [3.8, 4) is 22.9 Å². The average molecular weight is 286 g/mol. The van der Waals surface area contributed by atoms with Crippen molar-refractivity contribution in [3.63, 3.8) is 0 Å². The van der Waals surface area contributed by atoms with E-state index in [9.17, 15) is 0 Å². The molecule has 2 N–H and O–H groups in total. The topological polar surface area (TPSA) is 75.2 Å². The number of nitrogens with two attached hydrogens (primary N) is 1. The lowest BCUT2D eigenvalue weighted by Crippen LogP contribution is -2.25. The zero-order valence-electron chi connectivity index (χ0n) is 11.8. The highest BCUT2D eigenvalue weighted by Crippen LogP contribution is 2.35. The van der Waals surface area contributed by atoms with Crippen LogP contribution in [0.15, 0.2) is 18.2 Å². The smallest absolute Gasteiger partial charge is 0.164 e. The molecule has 0 saturated carbocycles. The van der Waals surface area contributed by atoms with Crippen molar-refractivity contribution in [1.82, 2.24) is 14.8 Å². The van der Waals surface area contributed by atoms with Crippen LogP contribution in [0.25, 0.3) is 11.4 Å². The van der Waals surface area contributed by atoms with Crippen molar-refractivity contribution in [2.75, 3.05) is 19.8 Å². The number of ether oxygens (including phenoxy) is 2. The highest BCUT2D eigenvalue weighted by atomic mass is 16.6. The number of hydrogen-bond acceptors (Lipinski definition) is 5. The normalized spacial score (nSPS) is 20.1. The summed E-state index contributed by atoms with van der Waals surface area (Å²) in [5, 5.41) is 8.69. The lowest BCUT2D eigenvalue weighted by atomic mass is 9.98. The highest BCUT2D eigenvalue weighted by Gasteiger charge is 2.23. The molecule has 3 heterocycles. The van der Waals surface area contributed by atoms with Gasteiger partial charge in [-0.05, 0) is 37.1 Å². The first-order chi connectivity index (χ1) is 10.3. The minimum absolute atomic E-state index is 0.523. The van der Waals surface area contributed by atoms with Gasteiger partial charge in [-0.25, -0.2) is 0 Å². The third kappa shape index (κ3) is 2.15. The molecular formula is C15H18N4O2. The molecule has 2 aliphatic heterocycles. The molecule has 1 unspecified atom stereocenters. The average Bonchev–Trinajstić information content (AvgIpc) is 2.97. The Kier molecular flexibility index (Phi) is 3.03. The molecule has 6 heteroatoms. The number of rotatable bonds is 2. The van der Waals surface area contributed by atoms with E-state index in [1.165, 1.54) is 0 Å². The quantitative estimate of drug-likeness (QED) is 0.899. The van der Waals surface area contributed by atoms with E-state index in [0.29, 0.717) is 25.7 Å². The number of benzene rings is 1. The zero-order valence-corrected chi connectivity index (χ0v) is 11.8. The van der Waals surface area contributed by atoms with Crippen LogP contribution in [0.3, 0.4) is 0 Å². The van der Waals surface area contributed by atoms with Crippen molar-refractivity contribution in [2.45, 2.75) is 19.4 Å². The zero-order chi connectivity index (χ0) is 14.2. The largest absolute Gasteiger partial charge is 0.486 e. The van der Waals surface area contributed by atoms with Gasteiger partial charge in [-0.2, -0.15) is 0 Å². The van der Waals surface area contributed by atoms with Crippen molar-refractivity contribution >= 4 is 0 Å². The summed E-state index contributed by atoms with van der Waals surface area (Å²) in [5.41, 5.74) is 6.78. The number of aromatic nitrogens is 3. The third-order valence-electron chi connectivity index (χ3n) is 4.19. The minimum atomic E-state index is 0.523. The van der Waals surface area contributed by atoms with Crippen molar-refractivity contribution < 1.29 is 9.47 Å². The Bertz CT molecular complexity index is 668. The van der Waals surface area contributed by atoms with E-state index in [1.807, 2.05) is 18.2 Å². The molecule has 0 fully saturated rings. The lowest BCUT2D eigenvalue weighted by Gasteiger charge is -2.23. The van der Waals surface area contributed by atoms with Crippen LogP contribution in [0.1, 0.15) is 12.2 Å². The van der Waals surface area contributed by atoms with Crippen LogP contribution in [-0.2, 0) is 13.0 Å². The summed E-state index contributed by atoms with van der Waals surface area (Å²) in [6.07, 6.45) is 1.99. The Labute approximate surface area is 122 Å². The second-order valence-corrected chi connectivity index (χ2v) is 5.54. The number of fused-ring (bicyclic) bond motifs is 2. The first-order valence-corrected chi connectivity index (χ1v) is 7.37. The highest BCUT2D eigenvalue weighted by molar-refractivity contribution is 5.61. The molecule has 21 heavy (non-hydrogen) atoms. The van der Waals surface area contributed by atoms with E-state index in [-0.39, 0.29) is 0 Å². The summed E-state index contributed by atoms with van der Waals surface area (Å²) in [7, 11) is 0. The van der Waals surface area contributed by atoms with E-state index in [2.05, 4.69) is 14.8 Å². The van der Waals surface area contributed by atoms with Gasteiger partial charge in [0.25, 0.3) is 0 Å². The van der Waals surface area contributed by atoms with Crippen LogP contribution in [0.4, 0.5) is 0 Å². The summed E-state index contributed by atoms with van der Waals surface area (Å²) in [5.74, 6) is 4.03. The second kappa shape index (κ2) is 5.04. The molecule has 1 atom stereocenters. The molecule has 0 bridgehead atoms. The fourth-order valence-electron chi connectivity index (χ4n) is 2.99. The Morgan fingerprint density at radius 3 is 2.90 bits per heavy atom. The third-order valence-corrected chi connectivity index (χ3v) is 4.19. The van der Waals surface area contributed by atoms with Crippen LogP contribution >= 0.6 is 0 Å². The predicted octanol–water partition coefficient (Wildman–Crippen LogP) is 1.24. The van der Waals surface area contributed by atoms with Crippen LogP contribution in [-0.4, -0.2) is 34.5 Å². The Balaban J connectivity index is 1.70. The molecule has 0 saturated heterocycles. The summed E-state index contributed by atoms with van der Waals surface area (Å²) in [6, 6.07) is 5.94. The maximum absolute atomic E-state index is 5.77. The fourth-order valence-corrected chi connectivity index (χ4v) is 2.99.